The first-order valence-corrected chi connectivity index (χ1v) is 14.1. The Morgan fingerprint density at radius 3 is 1.02 bits per heavy atom. The van der Waals surface area contributed by atoms with Crippen LogP contribution in [0.2, 0.25) is 0 Å². The van der Waals surface area contributed by atoms with Crippen molar-refractivity contribution in [2.75, 3.05) is 59.5 Å². The smallest absolute Gasteiger partial charge is 0.338 e. The van der Waals surface area contributed by atoms with Gasteiger partial charge >= 0.3 is 17.9 Å². The van der Waals surface area contributed by atoms with Gasteiger partial charge in [-0.05, 0) is 59.7 Å². The minimum atomic E-state index is -0.988. The van der Waals surface area contributed by atoms with Crippen LogP contribution in [0.1, 0.15) is 72.6 Å². The van der Waals surface area contributed by atoms with Crippen molar-refractivity contribution in [1.82, 2.24) is 0 Å². The first kappa shape index (κ1) is 32.3. The lowest BCUT2D eigenvalue weighted by molar-refractivity contribution is -0.0490. The largest absolute Gasteiger partial charge is 0.454 e. The molecule has 0 aliphatic carbocycles. The fourth-order valence-electron chi connectivity index (χ4n) is 3.80. The van der Waals surface area contributed by atoms with Crippen LogP contribution in [0, 0.1) is 0 Å². The molecule has 3 atom stereocenters. The molecule has 1 aromatic carbocycles. The molecule has 0 aromatic heterocycles. The standard InChI is InChI=1S/C30H42O12/c1-28(2,16-34-10-22-13-37-22)40-25(31)19-7-20(26(32)41-29(3,4)17-35-11-23-14-38-23)9-21(8-19)27(33)42-30(5,6)18-36-12-24-15-39-24/h7-9,22-24H,10-18H2,1-6H3. The van der Waals surface area contributed by atoms with E-state index in [1.54, 1.807) is 41.5 Å². The fraction of sp³-hybridized carbons (Fsp3) is 0.700. The van der Waals surface area contributed by atoms with E-state index in [0.29, 0.717) is 39.6 Å². The number of ether oxygens (including phenoxy) is 9. The lowest BCUT2D eigenvalue weighted by atomic mass is 10.0. The van der Waals surface area contributed by atoms with E-state index in [9.17, 15) is 14.4 Å². The molecule has 0 saturated carbocycles. The summed E-state index contributed by atoms with van der Waals surface area (Å²) in [5, 5.41) is 0. The third-order valence-electron chi connectivity index (χ3n) is 6.21. The number of rotatable bonds is 18. The molecule has 4 rings (SSSR count). The molecule has 12 nitrogen and oxygen atoms in total. The van der Waals surface area contributed by atoms with Gasteiger partial charge in [-0.25, -0.2) is 14.4 Å². The summed E-state index contributed by atoms with van der Waals surface area (Å²) in [7, 11) is 0. The van der Waals surface area contributed by atoms with Gasteiger partial charge in [0.05, 0.1) is 76.2 Å². The molecule has 1 aromatic rings. The molecule has 3 fully saturated rings. The van der Waals surface area contributed by atoms with E-state index in [4.69, 9.17) is 42.6 Å². The maximum atomic E-state index is 13.2. The number of hydrogen-bond donors (Lipinski definition) is 0. The van der Waals surface area contributed by atoms with E-state index in [-0.39, 0.29) is 54.8 Å². The van der Waals surface area contributed by atoms with Crippen molar-refractivity contribution in [3.63, 3.8) is 0 Å². The van der Waals surface area contributed by atoms with Gasteiger partial charge in [0.15, 0.2) is 0 Å². The van der Waals surface area contributed by atoms with Gasteiger partial charge in [0, 0.05) is 0 Å². The SMILES string of the molecule is CC(C)(COCC1CO1)OC(=O)c1cc(C(=O)OC(C)(C)COCC2CO2)cc(C(=O)OC(C)(C)COCC2CO2)c1. The molecule has 0 amide bonds. The number of esters is 3. The minimum Gasteiger partial charge on any atom is -0.454 e. The molecule has 12 heteroatoms. The molecule has 0 spiro atoms. The zero-order valence-corrected chi connectivity index (χ0v) is 25.2. The number of hydrogen-bond acceptors (Lipinski definition) is 12. The Hall–Kier alpha value is -2.61. The lowest BCUT2D eigenvalue weighted by Gasteiger charge is -2.27. The Kier molecular flexibility index (Phi) is 10.3. The molecule has 3 aliphatic rings. The summed E-state index contributed by atoms with van der Waals surface area (Å²) in [5.74, 6) is -2.22. The Labute approximate surface area is 246 Å². The number of carbonyl (C=O) groups excluding carboxylic acids is 3. The minimum absolute atomic E-state index is 0.0186. The second kappa shape index (κ2) is 13.4. The van der Waals surface area contributed by atoms with Gasteiger partial charge < -0.3 is 42.6 Å². The second-order valence-electron chi connectivity index (χ2n) is 12.7. The maximum Gasteiger partial charge on any atom is 0.338 e. The summed E-state index contributed by atoms with van der Waals surface area (Å²) in [6.07, 6.45) is 0.212. The van der Waals surface area contributed by atoms with E-state index in [1.807, 2.05) is 0 Å². The van der Waals surface area contributed by atoms with Crippen LogP contribution in [0.5, 0.6) is 0 Å². The summed E-state index contributed by atoms with van der Waals surface area (Å²) in [4.78, 5) is 39.7. The van der Waals surface area contributed by atoms with Crippen molar-refractivity contribution in [1.29, 1.82) is 0 Å². The number of epoxide rings is 3. The zero-order chi connectivity index (χ0) is 30.5. The highest BCUT2D eigenvalue weighted by Gasteiger charge is 2.32. The summed E-state index contributed by atoms with van der Waals surface area (Å²) in [5.41, 5.74) is -3.02. The van der Waals surface area contributed by atoms with Crippen LogP contribution < -0.4 is 0 Å². The van der Waals surface area contributed by atoms with Gasteiger partial charge in [-0.2, -0.15) is 0 Å². The Bertz CT molecular complexity index is 965. The van der Waals surface area contributed by atoms with Crippen molar-refractivity contribution in [2.24, 2.45) is 0 Å². The highest BCUT2D eigenvalue weighted by atomic mass is 16.6. The van der Waals surface area contributed by atoms with Crippen molar-refractivity contribution in [3.8, 4) is 0 Å². The van der Waals surface area contributed by atoms with Crippen LogP contribution >= 0.6 is 0 Å². The van der Waals surface area contributed by atoms with Crippen molar-refractivity contribution in [2.45, 2.75) is 76.7 Å². The fourth-order valence-corrected chi connectivity index (χ4v) is 3.80. The van der Waals surface area contributed by atoms with Gasteiger partial charge in [0.1, 0.15) is 35.1 Å². The Morgan fingerprint density at radius 1 is 0.571 bits per heavy atom. The molecule has 42 heavy (non-hydrogen) atoms. The summed E-state index contributed by atoms with van der Waals surface area (Å²) in [6.45, 7) is 13.8. The molecule has 0 N–H and O–H groups in total. The highest BCUT2D eigenvalue weighted by molar-refractivity contribution is 6.00. The lowest BCUT2D eigenvalue weighted by Crippen LogP contribution is -2.35. The van der Waals surface area contributed by atoms with Crippen LogP contribution in [0.25, 0.3) is 0 Å². The van der Waals surface area contributed by atoms with Crippen molar-refractivity contribution in [3.05, 3.63) is 34.9 Å². The average Bonchev–Trinajstić information content (AvgIpc) is 3.72. The maximum absolute atomic E-state index is 13.2. The van der Waals surface area contributed by atoms with Crippen LogP contribution in [0.4, 0.5) is 0 Å². The molecule has 3 aliphatic heterocycles. The van der Waals surface area contributed by atoms with Crippen LogP contribution in [-0.2, 0) is 42.6 Å². The van der Waals surface area contributed by atoms with Gasteiger partial charge in [0.25, 0.3) is 0 Å². The highest BCUT2D eigenvalue weighted by Crippen LogP contribution is 2.23. The van der Waals surface area contributed by atoms with Crippen LogP contribution in [0.3, 0.4) is 0 Å². The van der Waals surface area contributed by atoms with Crippen LogP contribution in [0.15, 0.2) is 18.2 Å². The van der Waals surface area contributed by atoms with Crippen molar-refractivity contribution < 1.29 is 57.0 Å². The van der Waals surface area contributed by atoms with Gasteiger partial charge in [-0.3, -0.25) is 0 Å². The van der Waals surface area contributed by atoms with Gasteiger partial charge in [0.2, 0.25) is 0 Å². The van der Waals surface area contributed by atoms with E-state index in [1.165, 1.54) is 18.2 Å². The number of benzene rings is 1. The Balaban J connectivity index is 1.46. The van der Waals surface area contributed by atoms with E-state index >= 15 is 0 Å². The normalized spacial score (nSPS) is 21.4. The quantitative estimate of drug-likeness (QED) is 0.140. The van der Waals surface area contributed by atoms with Crippen LogP contribution in [-0.4, -0.2) is 112 Å². The predicted molar refractivity (Wildman–Crippen MR) is 147 cm³/mol. The van der Waals surface area contributed by atoms with Gasteiger partial charge in [-0.15, -0.1) is 0 Å². The Morgan fingerprint density at radius 2 is 0.810 bits per heavy atom. The molecule has 0 bridgehead atoms. The topological polar surface area (TPSA) is 144 Å². The molecule has 3 heterocycles. The molecular weight excluding hydrogens is 552 g/mol. The molecule has 234 valence electrons. The second-order valence-corrected chi connectivity index (χ2v) is 12.7. The first-order valence-electron chi connectivity index (χ1n) is 14.1. The van der Waals surface area contributed by atoms with E-state index in [0.717, 1.165) is 0 Å². The monoisotopic (exact) mass is 594 g/mol. The van der Waals surface area contributed by atoms with E-state index < -0.39 is 34.7 Å². The molecular formula is C30H42O12. The predicted octanol–water partition coefficient (Wildman–Crippen LogP) is 2.74. The summed E-state index contributed by atoms with van der Waals surface area (Å²) in [6, 6.07) is 3.99. The summed E-state index contributed by atoms with van der Waals surface area (Å²) >= 11 is 0. The molecule has 3 saturated heterocycles. The van der Waals surface area contributed by atoms with Gasteiger partial charge in [-0.1, -0.05) is 0 Å². The zero-order valence-electron chi connectivity index (χ0n) is 25.2. The average molecular weight is 595 g/mol. The molecule has 3 unspecified atom stereocenters. The third kappa shape index (κ3) is 11.2. The summed E-state index contributed by atoms with van der Waals surface area (Å²) < 4.78 is 49.3. The van der Waals surface area contributed by atoms with E-state index in [2.05, 4.69) is 0 Å². The van der Waals surface area contributed by atoms with Crippen molar-refractivity contribution >= 4 is 17.9 Å². The third-order valence-corrected chi connectivity index (χ3v) is 6.21. The number of carbonyl (C=O) groups is 3. The molecule has 0 radical (unpaired) electrons. The first-order chi connectivity index (χ1) is 19.7.